The molecule has 0 heterocycles. The molecule has 2 N–H and O–H groups in total. The van der Waals surface area contributed by atoms with Gasteiger partial charge < -0.3 is 20.1 Å². The largest absolute Gasteiger partial charge is 0.495 e. The molecule has 4 rings (SSSR count). The molecule has 0 fully saturated rings. The minimum absolute atomic E-state index is 0.289. The van der Waals surface area contributed by atoms with Crippen LogP contribution in [0.1, 0.15) is 15.9 Å². The molecular formula is C27H23ClN2O4. The summed E-state index contributed by atoms with van der Waals surface area (Å²) < 4.78 is 11.2. The Morgan fingerprint density at radius 3 is 2.26 bits per heavy atom. The number of amides is 2. The van der Waals surface area contributed by atoms with Crippen LogP contribution in [0.4, 0.5) is 11.4 Å². The number of carbonyl (C=O) groups is 2. The predicted octanol–water partition coefficient (Wildman–Crippen LogP) is 6.08. The molecule has 0 aliphatic rings. The lowest BCUT2D eigenvalue weighted by Crippen LogP contribution is -2.22. The second kappa shape index (κ2) is 10.3. The third kappa shape index (κ3) is 5.30. The number of ether oxygens (including phenoxy) is 2. The number of nitrogens with one attached hydrogen (secondary N) is 2. The van der Waals surface area contributed by atoms with E-state index in [4.69, 9.17) is 21.1 Å². The standard InChI is InChI=1S/C27H23ClN2O4/c1-17-11-12-24(33-2)23(13-17)30-27(32)20-14-18-7-3-4-8-19(18)15-25(20)34-16-26(31)29-22-10-6-5-9-21(22)28/h3-15H,16H2,1-2H3,(H,29,31)(H,30,32). The lowest BCUT2D eigenvalue weighted by molar-refractivity contribution is -0.118. The number of para-hydroxylation sites is 1. The number of carbonyl (C=O) groups excluding carboxylic acids is 2. The van der Waals surface area contributed by atoms with E-state index >= 15 is 0 Å². The molecule has 34 heavy (non-hydrogen) atoms. The molecule has 172 valence electrons. The van der Waals surface area contributed by atoms with Crippen molar-refractivity contribution in [1.82, 2.24) is 0 Å². The zero-order chi connectivity index (χ0) is 24.1. The fourth-order valence-electron chi connectivity index (χ4n) is 3.52. The fourth-order valence-corrected chi connectivity index (χ4v) is 3.70. The van der Waals surface area contributed by atoms with Crippen LogP contribution in [0.25, 0.3) is 10.8 Å². The van der Waals surface area contributed by atoms with E-state index in [-0.39, 0.29) is 18.3 Å². The summed E-state index contributed by atoms with van der Waals surface area (Å²) in [4.78, 5) is 25.8. The van der Waals surface area contributed by atoms with Crippen molar-refractivity contribution in [2.45, 2.75) is 6.92 Å². The smallest absolute Gasteiger partial charge is 0.262 e. The van der Waals surface area contributed by atoms with Gasteiger partial charge in [-0.3, -0.25) is 9.59 Å². The minimum Gasteiger partial charge on any atom is -0.495 e. The first kappa shape index (κ1) is 23.1. The van der Waals surface area contributed by atoms with Crippen LogP contribution in [0.15, 0.2) is 78.9 Å². The van der Waals surface area contributed by atoms with Crippen LogP contribution < -0.4 is 20.1 Å². The number of rotatable bonds is 7. The summed E-state index contributed by atoms with van der Waals surface area (Å²) in [6.07, 6.45) is 0. The van der Waals surface area contributed by atoms with Gasteiger partial charge in [-0.1, -0.05) is 54.1 Å². The van der Waals surface area contributed by atoms with Crippen molar-refractivity contribution < 1.29 is 19.1 Å². The number of methoxy groups -OCH3 is 1. The van der Waals surface area contributed by atoms with Crippen molar-refractivity contribution in [3.63, 3.8) is 0 Å². The number of hydrogen-bond donors (Lipinski definition) is 2. The summed E-state index contributed by atoms with van der Waals surface area (Å²) in [5.74, 6) is 0.0580. The van der Waals surface area contributed by atoms with Crippen molar-refractivity contribution in [3.8, 4) is 11.5 Å². The van der Waals surface area contributed by atoms with E-state index < -0.39 is 5.91 Å². The van der Waals surface area contributed by atoms with Gasteiger partial charge in [-0.25, -0.2) is 0 Å². The molecule has 2 amide bonds. The molecule has 0 aliphatic heterocycles. The Morgan fingerprint density at radius 2 is 1.53 bits per heavy atom. The van der Waals surface area contributed by atoms with Gasteiger partial charge in [0, 0.05) is 0 Å². The van der Waals surface area contributed by atoms with Gasteiger partial charge >= 0.3 is 0 Å². The van der Waals surface area contributed by atoms with E-state index in [2.05, 4.69) is 10.6 Å². The van der Waals surface area contributed by atoms with Crippen LogP contribution >= 0.6 is 11.6 Å². The molecule has 6 nitrogen and oxygen atoms in total. The van der Waals surface area contributed by atoms with Gasteiger partial charge in [-0.05, 0) is 59.7 Å². The van der Waals surface area contributed by atoms with E-state index in [1.165, 1.54) is 0 Å². The van der Waals surface area contributed by atoms with E-state index in [9.17, 15) is 9.59 Å². The Bertz CT molecular complexity index is 1370. The monoisotopic (exact) mass is 474 g/mol. The number of anilines is 2. The van der Waals surface area contributed by atoms with Crippen molar-refractivity contribution in [1.29, 1.82) is 0 Å². The van der Waals surface area contributed by atoms with Crippen molar-refractivity contribution in [2.75, 3.05) is 24.4 Å². The number of fused-ring (bicyclic) bond motifs is 1. The fraction of sp³-hybridized carbons (Fsp3) is 0.111. The summed E-state index contributed by atoms with van der Waals surface area (Å²) in [5.41, 5.74) is 2.30. The maximum Gasteiger partial charge on any atom is 0.262 e. The molecule has 0 saturated heterocycles. The second-order valence-corrected chi connectivity index (χ2v) is 8.08. The van der Waals surface area contributed by atoms with Gasteiger partial charge in [0.25, 0.3) is 11.8 Å². The van der Waals surface area contributed by atoms with Crippen molar-refractivity contribution in [3.05, 3.63) is 95.0 Å². The van der Waals surface area contributed by atoms with Gasteiger partial charge in [0.15, 0.2) is 6.61 Å². The van der Waals surface area contributed by atoms with Crippen LogP contribution in [-0.4, -0.2) is 25.5 Å². The van der Waals surface area contributed by atoms with Crippen LogP contribution in [0.3, 0.4) is 0 Å². The van der Waals surface area contributed by atoms with Crippen LogP contribution in [0.2, 0.25) is 5.02 Å². The molecule has 0 radical (unpaired) electrons. The van der Waals surface area contributed by atoms with Crippen LogP contribution in [0, 0.1) is 6.92 Å². The molecule has 4 aromatic rings. The molecule has 0 aromatic heterocycles. The molecule has 0 bridgehead atoms. The number of hydrogen-bond acceptors (Lipinski definition) is 4. The first-order valence-electron chi connectivity index (χ1n) is 10.6. The Morgan fingerprint density at radius 1 is 0.824 bits per heavy atom. The Hall–Kier alpha value is -4.03. The first-order valence-corrected chi connectivity index (χ1v) is 11.0. The van der Waals surface area contributed by atoms with Crippen molar-refractivity contribution >= 4 is 45.6 Å². The third-order valence-corrected chi connectivity index (χ3v) is 5.53. The molecule has 0 spiro atoms. The topological polar surface area (TPSA) is 76.7 Å². The maximum atomic E-state index is 13.3. The van der Waals surface area contributed by atoms with Gasteiger partial charge in [0.2, 0.25) is 0 Å². The highest BCUT2D eigenvalue weighted by atomic mass is 35.5. The highest BCUT2D eigenvalue weighted by Gasteiger charge is 2.18. The van der Waals surface area contributed by atoms with E-state index in [1.807, 2.05) is 43.3 Å². The zero-order valence-electron chi connectivity index (χ0n) is 18.7. The molecular weight excluding hydrogens is 452 g/mol. The zero-order valence-corrected chi connectivity index (χ0v) is 19.5. The summed E-state index contributed by atoms with van der Waals surface area (Å²) in [7, 11) is 1.54. The maximum absolute atomic E-state index is 13.3. The summed E-state index contributed by atoms with van der Waals surface area (Å²) >= 11 is 6.11. The Labute approximate surface area is 202 Å². The van der Waals surface area contributed by atoms with Gasteiger partial charge in [0.1, 0.15) is 11.5 Å². The number of benzene rings is 4. The van der Waals surface area contributed by atoms with E-state index in [1.54, 1.807) is 49.6 Å². The van der Waals surface area contributed by atoms with E-state index in [0.717, 1.165) is 16.3 Å². The molecule has 4 aromatic carbocycles. The van der Waals surface area contributed by atoms with Gasteiger partial charge in [-0.15, -0.1) is 0 Å². The van der Waals surface area contributed by atoms with Crippen LogP contribution in [0.5, 0.6) is 11.5 Å². The van der Waals surface area contributed by atoms with Gasteiger partial charge in [-0.2, -0.15) is 0 Å². The lowest BCUT2D eigenvalue weighted by Gasteiger charge is -2.15. The summed E-state index contributed by atoms with van der Waals surface area (Å²) in [6, 6.07) is 23.6. The molecule has 0 aliphatic carbocycles. The molecule has 7 heteroatoms. The first-order chi connectivity index (χ1) is 16.4. The summed E-state index contributed by atoms with van der Waals surface area (Å²) in [6.45, 7) is 1.63. The molecule has 0 unspecified atom stereocenters. The average Bonchev–Trinajstić information content (AvgIpc) is 2.83. The minimum atomic E-state index is -0.395. The number of halogens is 1. The van der Waals surface area contributed by atoms with Crippen LogP contribution in [-0.2, 0) is 4.79 Å². The Balaban J connectivity index is 1.60. The lowest BCUT2D eigenvalue weighted by atomic mass is 10.0. The normalized spacial score (nSPS) is 10.6. The molecule has 0 saturated carbocycles. The predicted molar refractivity (Wildman–Crippen MR) is 135 cm³/mol. The SMILES string of the molecule is COc1ccc(C)cc1NC(=O)c1cc2ccccc2cc1OCC(=O)Nc1ccccc1Cl. The Kier molecular flexibility index (Phi) is 6.99. The third-order valence-electron chi connectivity index (χ3n) is 5.20. The highest BCUT2D eigenvalue weighted by Crippen LogP contribution is 2.30. The average molecular weight is 475 g/mol. The van der Waals surface area contributed by atoms with E-state index in [0.29, 0.717) is 27.7 Å². The quantitative estimate of drug-likeness (QED) is 0.340. The van der Waals surface area contributed by atoms with Crippen molar-refractivity contribution in [2.24, 2.45) is 0 Å². The summed E-state index contributed by atoms with van der Waals surface area (Å²) in [5, 5.41) is 7.79. The second-order valence-electron chi connectivity index (χ2n) is 7.67. The number of aryl methyl sites for hydroxylation is 1. The van der Waals surface area contributed by atoms with Gasteiger partial charge in [0.05, 0.1) is 29.1 Å². The molecule has 0 atom stereocenters. The highest BCUT2D eigenvalue weighted by molar-refractivity contribution is 6.33.